The Kier molecular flexibility index (Phi) is 2.46. The lowest BCUT2D eigenvalue weighted by molar-refractivity contribution is 0.104. The lowest BCUT2D eigenvalue weighted by Gasteiger charge is -1.95. The van der Waals surface area contributed by atoms with Crippen molar-refractivity contribution in [2.75, 3.05) is 0 Å². The van der Waals surface area contributed by atoms with Gasteiger partial charge in [-0.25, -0.2) is 0 Å². The molecule has 70 valence electrons. The number of aryl methyl sites for hydroxylation is 1. The van der Waals surface area contributed by atoms with Crippen molar-refractivity contribution in [1.82, 2.24) is 0 Å². The summed E-state index contributed by atoms with van der Waals surface area (Å²) in [6.45, 7) is 2.01. The zero-order valence-electron chi connectivity index (χ0n) is 7.86. The van der Waals surface area contributed by atoms with Crippen molar-refractivity contribution in [2.45, 2.75) is 6.92 Å². The third-order valence-electron chi connectivity index (χ3n) is 2.00. The maximum absolute atomic E-state index is 11.9. The zero-order valence-corrected chi connectivity index (χ0v) is 8.67. The van der Waals surface area contributed by atoms with Gasteiger partial charge in [0.1, 0.15) is 0 Å². The average molecular weight is 202 g/mol. The molecule has 0 fully saturated rings. The Bertz CT molecular complexity index is 442. The van der Waals surface area contributed by atoms with Crippen LogP contribution in [0.4, 0.5) is 0 Å². The maximum Gasteiger partial charge on any atom is 0.202 e. The van der Waals surface area contributed by atoms with Gasteiger partial charge in [-0.05, 0) is 19.1 Å². The van der Waals surface area contributed by atoms with Crippen molar-refractivity contribution in [1.29, 1.82) is 0 Å². The molecule has 1 heterocycles. The minimum absolute atomic E-state index is 0.115. The highest BCUT2D eigenvalue weighted by Gasteiger charge is 2.09. The standard InChI is InChI=1S/C12H10OS/c1-9-7-8-11(14-9)12(13)10-5-3-2-4-6-10/h2-8H,1H3. The van der Waals surface area contributed by atoms with E-state index >= 15 is 0 Å². The van der Waals surface area contributed by atoms with Crippen LogP contribution < -0.4 is 0 Å². The summed E-state index contributed by atoms with van der Waals surface area (Å²) in [7, 11) is 0. The zero-order chi connectivity index (χ0) is 9.97. The van der Waals surface area contributed by atoms with Gasteiger partial charge in [-0.1, -0.05) is 30.3 Å². The van der Waals surface area contributed by atoms with Crippen molar-refractivity contribution in [3.05, 3.63) is 57.8 Å². The quantitative estimate of drug-likeness (QED) is 0.683. The molecule has 0 amide bonds. The first kappa shape index (κ1) is 9.16. The Hall–Kier alpha value is -1.41. The van der Waals surface area contributed by atoms with Crippen LogP contribution in [-0.4, -0.2) is 5.78 Å². The van der Waals surface area contributed by atoms with E-state index in [9.17, 15) is 4.79 Å². The fourth-order valence-corrected chi connectivity index (χ4v) is 2.12. The van der Waals surface area contributed by atoms with Crippen LogP contribution in [0.1, 0.15) is 20.1 Å². The van der Waals surface area contributed by atoms with E-state index in [0.717, 1.165) is 10.4 Å². The van der Waals surface area contributed by atoms with E-state index in [1.165, 1.54) is 4.88 Å². The van der Waals surface area contributed by atoms with Crippen molar-refractivity contribution in [3.63, 3.8) is 0 Å². The number of hydrogen-bond acceptors (Lipinski definition) is 2. The molecule has 2 rings (SSSR count). The van der Waals surface area contributed by atoms with Gasteiger partial charge in [-0.2, -0.15) is 0 Å². The normalized spacial score (nSPS) is 10.1. The Morgan fingerprint density at radius 2 is 1.79 bits per heavy atom. The van der Waals surface area contributed by atoms with Crippen molar-refractivity contribution < 1.29 is 4.79 Å². The van der Waals surface area contributed by atoms with Gasteiger partial charge >= 0.3 is 0 Å². The van der Waals surface area contributed by atoms with Gasteiger partial charge in [0.15, 0.2) is 0 Å². The molecular formula is C12H10OS. The molecule has 0 spiro atoms. The SMILES string of the molecule is Cc1ccc(C(=O)c2ccccc2)s1. The van der Waals surface area contributed by atoms with E-state index in [0.29, 0.717) is 0 Å². The van der Waals surface area contributed by atoms with Crippen molar-refractivity contribution in [3.8, 4) is 0 Å². The van der Waals surface area contributed by atoms with Crippen LogP contribution in [0.2, 0.25) is 0 Å². The molecule has 0 atom stereocenters. The molecule has 1 aromatic carbocycles. The fraction of sp³-hybridized carbons (Fsp3) is 0.0833. The van der Waals surface area contributed by atoms with Gasteiger partial charge in [-0.3, -0.25) is 4.79 Å². The number of ketones is 1. The Balaban J connectivity index is 2.34. The van der Waals surface area contributed by atoms with E-state index in [1.807, 2.05) is 49.4 Å². The van der Waals surface area contributed by atoms with Crippen molar-refractivity contribution >= 4 is 17.1 Å². The van der Waals surface area contributed by atoms with Gasteiger partial charge < -0.3 is 0 Å². The molecule has 0 N–H and O–H groups in total. The van der Waals surface area contributed by atoms with Crippen LogP contribution in [0.3, 0.4) is 0 Å². The summed E-state index contributed by atoms with van der Waals surface area (Å²) in [5.41, 5.74) is 0.759. The van der Waals surface area contributed by atoms with E-state index in [4.69, 9.17) is 0 Å². The van der Waals surface area contributed by atoms with E-state index in [2.05, 4.69) is 0 Å². The molecule has 14 heavy (non-hydrogen) atoms. The summed E-state index contributed by atoms with van der Waals surface area (Å²) in [6.07, 6.45) is 0. The van der Waals surface area contributed by atoms with E-state index in [-0.39, 0.29) is 5.78 Å². The highest BCUT2D eigenvalue weighted by molar-refractivity contribution is 7.14. The molecule has 1 aromatic heterocycles. The van der Waals surface area contributed by atoms with Crippen molar-refractivity contribution in [2.24, 2.45) is 0 Å². The molecule has 2 aromatic rings. The molecule has 2 heteroatoms. The summed E-state index contributed by atoms with van der Waals surface area (Å²) in [6, 6.07) is 13.2. The maximum atomic E-state index is 11.9. The minimum atomic E-state index is 0.115. The third-order valence-corrected chi connectivity index (χ3v) is 3.00. The van der Waals surface area contributed by atoms with Gasteiger partial charge in [-0.15, -0.1) is 11.3 Å². The topological polar surface area (TPSA) is 17.1 Å². The number of thiophene rings is 1. The molecule has 0 radical (unpaired) electrons. The minimum Gasteiger partial charge on any atom is -0.288 e. The Morgan fingerprint density at radius 1 is 1.07 bits per heavy atom. The number of rotatable bonds is 2. The van der Waals surface area contributed by atoms with Gasteiger partial charge in [0.25, 0.3) is 0 Å². The van der Waals surface area contributed by atoms with Crippen LogP contribution in [0.25, 0.3) is 0 Å². The molecule has 0 aliphatic carbocycles. The Labute approximate surface area is 87.0 Å². The third kappa shape index (κ3) is 1.75. The molecule has 0 aliphatic heterocycles. The predicted octanol–water partition coefficient (Wildman–Crippen LogP) is 3.29. The largest absolute Gasteiger partial charge is 0.288 e. The monoisotopic (exact) mass is 202 g/mol. The molecule has 1 nitrogen and oxygen atoms in total. The van der Waals surface area contributed by atoms with Crippen LogP contribution in [0.15, 0.2) is 42.5 Å². The first-order valence-corrected chi connectivity index (χ1v) is 5.25. The molecule has 0 saturated carbocycles. The lowest BCUT2D eigenvalue weighted by Crippen LogP contribution is -1.97. The fourth-order valence-electron chi connectivity index (χ4n) is 1.29. The summed E-state index contributed by atoms with van der Waals surface area (Å²) in [5.74, 6) is 0.115. The van der Waals surface area contributed by atoms with E-state index < -0.39 is 0 Å². The number of benzene rings is 1. The number of hydrogen-bond donors (Lipinski definition) is 0. The molecule has 0 aliphatic rings. The second-order valence-electron chi connectivity index (χ2n) is 3.11. The van der Waals surface area contributed by atoms with Crippen LogP contribution in [0.5, 0.6) is 0 Å². The summed E-state index contributed by atoms with van der Waals surface area (Å²) in [5, 5.41) is 0. The second kappa shape index (κ2) is 3.76. The first-order chi connectivity index (χ1) is 6.77. The van der Waals surface area contributed by atoms with Gasteiger partial charge in [0.05, 0.1) is 4.88 Å². The summed E-state index contributed by atoms with van der Waals surface area (Å²) >= 11 is 1.54. The first-order valence-electron chi connectivity index (χ1n) is 4.43. The van der Waals surface area contributed by atoms with Crippen LogP contribution in [0, 0.1) is 6.92 Å². The van der Waals surface area contributed by atoms with Crippen LogP contribution >= 0.6 is 11.3 Å². The van der Waals surface area contributed by atoms with Gasteiger partial charge in [0, 0.05) is 10.4 Å². The smallest absolute Gasteiger partial charge is 0.202 e. The lowest BCUT2D eigenvalue weighted by atomic mass is 10.1. The van der Waals surface area contributed by atoms with Crippen LogP contribution in [-0.2, 0) is 0 Å². The predicted molar refractivity (Wildman–Crippen MR) is 58.9 cm³/mol. The summed E-state index contributed by atoms with van der Waals surface area (Å²) in [4.78, 5) is 13.9. The number of carbonyl (C=O) groups excluding carboxylic acids is 1. The Morgan fingerprint density at radius 3 is 2.36 bits per heavy atom. The van der Waals surface area contributed by atoms with Gasteiger partial charge in [0.2, 0.25) is 5.78 Å². The molecule has 0 unspecified atom stereocenters. The highest BCUT2D eigenvalue weighted by atomic mass is 32.1. The molecule has 0 bridgehead atoms. The second-order valence-corrected chi connectivity index (χ2v) is 4.39. The highest BCUT2D eigenvalue weighted by Crippen LogP contribution is 2.18. The molecule has 0 saturated heterocycles. The van der Waals surface area contributed by atoms with E-state index in [1.54, 1.807) is 11.3 Å². The molecular weight excluding hydrogens is 192 g/mol. The number of carbonyl (C=O) groups is 1. The summed E-state index contributed by atoms with van der Waals surface area (Å²) < 4.78 is 0. The average Bonchev–Trinajstić information content (AvgIpc) is 2.65.